The number of benzene rings is 1. The van der Waals surface area contributed by atoms with Gasteiger partial charge in [0.25, 0.3) is 0 Å². The van der Waals surface area contributed by atoms with Crippen LogP contribution in [0.25, 0.3) is 6.08 Å². The largest absolute Gasteiger partial charge is 0.308 e. The smallest absolute Gasteiger partial charge is 0.0259 e. The van der Waals surface area contributed by atoms with E-state index in [4.69, 9.17) is 5.41 Å². The molecule has 1 N–H and O–H groups in total. The zero-order valence-corrected chi connectivity index (χ0v) is 11.1. The Morgan fingerprint density at radius 3 is 2.31 bits per heavy atom. The second-order valence-corrected chi connectivity index (χ2v) is 3.54. The maximum atomic E-state index is 7.37. The summed E-state index contributed by atoms with van der Waals surface area (Å²) in [5, 5.41) is 7.37. The van der Waals surface area contributed by atoms with E-state index in [1.807, 2.05) is 13.8 Å². The van der Waals surface area contributed by atoms with Crippen molar-refractivity contribution in [2.24, 2.45) is 0 Å². The highest BCUT2D eigenvalue weighted by atomic mass is 14.3. The summed E-state index contributed by atoms with van der Waals surface area (Å²) in [6.07, 6.45) is 6.69. The van der Waals surface area contributed by atoms with E-state index in [9.17, 15) is 0 Å². The minimum absolute atomic E-state index is 1.03. The van der Waals surface area contributed by atoms with Crippen LogP contribution in [-0.2, 0) is 0 Å². The molecule has 0 bridgehead atoms. The van der Waals surface area contributed by atoms with E-state index in [1.54, 1.807) is 0 Å². The third kappa shape index (κ3) is 4.01. The van der Waals surface area contributed by atoms with Gasteiger partial charge in [-0.1, -0.05) is 50.6 Å². The summed E-state index contributed by atoms with van der Waals surface area (Å²) in [4.78, 5) is 0. The fourth-order valence-corrected chi connectivity index (χ4v) is 1.59. The van der Waals surface area contributed by atoms with E-state index in [-0.39, 0.29) is 0 Å². The van der Waals surface area contributed by atoms with Crippen molar-refractivity contribution < 1.29 is 0 Å². The Bertz CT molecular complexity index is 362. The van der Waals surface area contributed by atoms with Crippen LogP contribution in [0.3, 0.4) is 0 Å². The second kappa shape index (κ2) is 7.86. The topological polar surface area (TPSA) is 23.9 Å². The highest BCUT2D eigenvalue weighted by molar-refractivity contribution is 5.85. The number of aryl methyl sites for hydroxylation is 2. The molecule has 0 unspecified atom stereocenters. The summed E-state index contributed by atoms with van der Waals surface area (Å²) in [5.74, 6) is 0. The van der Waals surface area contributed by atoms with Crippen LogP contribution in [-0.4, -0.2) is 6.21 Å². The molecular formula is C15H23N. The first kappa shape index (κ1) is 14.6. The minimum atomic E-state index is 1.03. The molecule has 0 heterocycles. The Morgan fingerprint density at radius 1 is 1.19 bits per heavy atom. The standard InChI is InChI=1S/C13H17N.C2H6/c1-4-5-6-12-8-10(2)7-11(3)13(12)9-14;1-2/h5-9,14H,4H2,1-3H3;1-2H3/b6-5-,14-9?;. The summed E-state index contributed by atoms with van der Waals surface area (Å²) in [6.45, 7) is 10.3. The molecule has 0 aliphatic carbocycles. The minimum Gasteiger partial charge on any atom is -0.308 e. The van der Waals surface area contributed by atoms with Gasteiger partial charge >= 0.3 is 0 Å². The van der Waals surface area contributed by atoms with Crippen LogP contribution in [0.4, 0.5) is 0 Å². The quantitative estimate of drug-likeness (QED) is 0.706. The lowest BCUT2D eigenvalue weighted by Crippen LogP contribution is -1.92. The van der Waals surface area contributed by atoms with Gasteiger partial charge in [-0.2, -0.15) is 0 Å². The van der Waals surface area contributed by atoms with Gasteiger partial charge < -0.3 is 5.41 Å². The van der Waals surface area contributed by atoms with Gasteiger partial charge in [0, 0.05) is 11.8 Å². The molecule has 0 atom stereocenters. The number of allylic oxidation sites excluding steroid dienone is 1. The van der Waals surface area contributed by atoms with Crippen LogP contribution in [0.15, 0.2) is 18.2 Å². The number of rotatable bonds is 3. The molecule has 0 aliphatic rings. The molecule has 0 aliphatic heterocycles. The maximum Gasteiger partial charge on any atom is 0.0259 e. The molecular weight excluding hydrogens is 194 g/mol. The first-order valence-electron chi connectivity index (χ1n) is 5.97. The van der Waals surface area contributed by atoms with Crippen molar-refractivity contribution in [2.45, 2.75) is 41.0 Å². The zero-order valence-electron chi connectivity index (χ0n) is 11.1. The average Bonchev–Trinajstić information content (AvgIpc) is 2.28. The van der Waals surface area contributed by atoms with E-state index in [0.717, 1.165) is 17.5 Å². The summed E-state index contributed by atoms with van der Waals surface area (Å²) in [7, 11) is 0. The maximum absolute atomic E-state index is 7.37. The Kier molecular flexibility index (Phi) is 7.19. The van der Waals surface area contributed by atoms with Crippen molar-refractivity contribution in [3.05, 3.63) is 40.5 Å². The SMILES string of the molecule is CC.CC/C=C\c1cc(C)cc(C)c1C=N. The fourth-order valence-electron chi connectivity index (χ4n) is 1.59. The van der Waals surface area contributed by atoms with Crippen LogP contribution < -0.4 is 0 Å². The Hall–Kier alpha value is -1.37. The number of hydrogen-bond donors (Lipinski definition) is 1. The van der Waals surface area contributed by atoms with Gasteiger partial charge in [0.05, 0.1) is 0 Å². The molecule has 1 nitrogen and oxygen atoms in total. The van der Waals surface area contributed by atoms with Gasteiger partial charge in [0.1, 0.15) is 0 Å². The number of hydrogen-bond acceptors (Lipinski definition) is 1. The first-order chi connectivity index (χ1) is 7.69. The van der Waals surface area contributed by atoms with Gasteiger partial charge in [-0.15, -0.1) is 0 Å². The Labute approximate surface area is 99.7 Å². The van der Waals surface area contributed by atoms with Crippen molar-refractivity contribution in [3.8, 4) is 0 Å². The third-order valence-electron chi connectivity index (χ3n) is 2.24. The molecule has 0 amide bonds. The molecule has 88 valence electrons. The van der Waals surface area contributed by atoms with Gasteiger partial charge in [0.15, 0.2) is 0 Å². The predicted octanol–water partition coefficient (Wildman–Crippen LogP) is 4.75. The van der Waals surface area contributed by atoms with E-state index in [0.29, 0.717) is 0 Å². The van der Waals surface area contributed by atoms with Crippen molar-refractivity contribution in [3.63, 3.8) is 0 Å². The lowest BCUT2D eigenvalue weighted by atomic mass is 9.99. The Balaban J connectivity index is 0.00000106. The monoisotopic (exact) mass is 217 g/mol. The third-order valence-corrected chi connectivity index (χ3v) is 2.24. The van der Waals surface area contributed by atoms with Crippen LogP contribution in [0, 0.1) is 19.3 Å². The highest BCUT2D eigenvalue weighted by Gasteiger charge is 2.01. The van der Waals surface area contributed by atoms with Gasteiger partial charge in [0.2, 0.25) is 0 Å². The molecule has 0 radical (unpaired) electrons. The summed E-state index contributed by atoms with van der Waals surface area (Å²) >= 11 is 0. The molecule has 16 heavy (non-hydrogen) atoms. The molecule has 1 rings (SSSR count). The second-order valence-electron chi connectivity index (χ2n) is 3.54. The van der Waals surface area contributed by atoms with Gasteiger partial charge in [-0.25, -0.2) is 0 Å². The van der Waals surface area contributed by atoms with E-state index >= 15 is 0 Å². The van der Waals surface area contributed by atoms with E-state index < -0.39 is 0 Å². The molecule has 0 aromatic heterocycles. The van der Waals surface area contributed by atoms with E-state index in [2.05, 4.69) is 45.1 Å². The molecule has 0 saturated heterocycles. The normalized spacial score (nSPS) is 9.81. The molecule has 0 spiro atoms. The van der Waals surface area contributed by atoms with Crippen LogP contribution >= 0.6 is 0 Å². The van der Waals surface area contributed by atoms with Crippen molar-refractivity contribution >= 4 is 12.3 Å². The van der Waals surface area contributed by atoms with Crippen LogP contribution in [0.5, 0.6) is 0 Å². The Morgan fingerprint density at radius 2 is 1.81 bits per heavy atom. The van der Waals surface area contributed by atoms with Crippen molar-refractivity contribution in [2.75, 3.05) is 0 Å². The molecule has 1 aromatic carbocycles. The van der Waals surface area contributed by atoms with Gasteiger partial charge in [-0.05, 0) is 31.4 Å². The van der Waals surface area contributed by atoms with Crippen molar-refractivity contribution in [1.82, 2.24) is 0 Å². The fraction of sp³-hybridized carbons (Fsp3) is 0.400. The summed E-state index contributed by atoms with van der Waals surface area (Å²) in [6, 6.07) is 4.24. The highest BCUT2D eigenvalue weighted by Crippen LogP contribution is 2.16. The van der Waals surface area contributed by atoms with Gasteiger partial charge in [-0.3, -0.25) is 0 Å². The molecule has 1 aromatic rings. The molecule has 0 saturated carbocycles. The summed E-state index contributed by atoms with van der Waals surface area (Å²) in [5.41, 5.74) is 4.61. The summed E-state index contributed by atoms with van der Waals surface area (Å²) < 4.78 is 0. The lowest BCUT2D eigenvalue weighted by molar-refractivity contribution is 1.23. The van der Waals surface area contributed by atoms with Crippen LogP contribution in [0.2, 0.25) is 0 Å². The zero-order chi connectivity index (χ0) is 12.6. The molecule has 1 heteroatoms. The van der Waals surface area contributed by atoms with E-state index in [1.165, 1.54) is 17.3 Å². The van der Waals surface area contributed by atoms with Crippen LogP contribution in [0.1, 0.15) is 49.4 Å². The molecule has 0 fully saturated rings. The lowest BCUT2D eigenvalue weighted by Gasteiger charge is -2.06. The predicted molar refractivity (Wildman–Crippen MR) is 74.5 cm³/mol. The first-order valence-corrected chi connectivity index (χ1v) is 5.97. The van der Waals surface area contributed by atoms with Crippen molar-refractivity contribution in [1.29, 1.82) is 5.41 Å². The number of nitrogens with one attached hydrogen (secondary N) is 1. The average molecular weight is 217 g/mol.